The van der Waals surface area contributed by atoms with Gasteiger partial charge in [0.15, 0.2) is 0 Å². The van der Waals surface area contributed by atoms with Crippen LogP contribution < -0.4 is 5.32 Å². The zero-order valence-corrected chi connectivity index (χ0v) is 13.8. The van der Waals surface area contributed by atoms with E-state index in [-0.39, 0.29) is 0 Å². The number of piperidine rings is 1. The number of nitrogens with zero attached hydrogens (tertiary/aromatic N) is 1. The number of nitrogens with one attached hydrogen (secondary N) is 1. The smallest absolute Gasteiger partial charge is 0.0481 e. The average molecular weight is 286 g/mol. The molecule has 0 spiro atoms. The van der Waals surface area contributed by atoms with Gasteiger partial charge < -0.3 is 5.32 Å². The molecule has 0 amide bonds. The fourth-order valence-corrected chi connectivity index (χ4v) is 4.43. The maximum absolute atomic E-state index is 3.78. The summed E-state index contributed by atoms with van der Waals surface area (Å²) in [7, 11) is 0. The molecule has 1 N–H and O–H groups in total. The second-order valence-corrected chi connectivity index (χ2v) is 7.11. The highest BCUT2D eigenvalue weighted by molar-refractivity contribution is 5.36. The van der Waals surface area contributed by atoms with Crippen molar-refractivity contribution in [2.75, 3.05) is 19.6 Å². The number of fused-ring (bicyclic) bond motifs is 1. The van der Waals surface area contributed by atoms with E-state index in [2.05, 4.69) is 55.3 Å². The van der Waals surface area contributed by atoms with Crippen molar-refractivity contribution >= 4 is 0 Å². The lowest BCUT2D eigenvalue weighted by Crippen LogP contribution is -2.50. The normalized spacial score (nSPS) is 33.7. The predicted octanol–water partition coefficient (Wildman–Crippen LogP) is 3.94. The fourth-order valence-electron chi connectivity index (χ4n) is 4.43. The summed E-state index contributed by atoms with van der Waals surface area (Å²) in [5.74, 6) is 1.53. The molecule has 0 saturated carbocycles. The van der Waals surface area contributed by atoms with Crippen LogP contribution in [0.3, 0.4) is 0 Å². The fraction of sp³-hybridized carbons (Fsp3) is 0.684. The first-order valence-electron chi connectivity index (χ1n) is 8.77. The molecule has 3 rings (SSSR count). The molecule has 21 heavy (non-hydrogen) atoms. The molecular weight excluding hydrogens is 256 g/mol. The summed E-state index contributed by atoms with van der Waals surface area (Å²) in [6, 6.07) is 10.3. The van der Waals surface area contributed by atoms with Crippen molar-refractivity contribution in [1.82, 2.24) is 10.2 Å². The van der Waals surface area contributed by atoms with Gasteiger partial charge in [-0.05, 0) is 55.3 Å². The molecule has 1 fully saturated rings. The van der Waals surface area contributed by atoms with Gasteiger partial charge in [0, 0.05) is 18.6 Å². The molecule has 1 aromatic rings. The van der Waals surface area contributed by atoms with Crippen molar-refractivity contribution in [3.63, 3.8) is 0 Å². The molecular formula is C19H30N2. The van der Waals surface area contributed by atoms with E-state index in [9.17, 15) is 0 Å². The summed E-state index contributed by atoms with van der Waals surface area (Å²) < 4.78 is 0. The largest absolute Gasteiger partial charge is 0.309 e. The first kappa shape index (κ1) is 15.1. The predicted molar refractivity (Wildman–Crippen MR) is 89.7 cm³/mol. The number of hydrogen-bond donors (Lipinski definition) is 1. The molecule has 2 aliphatic rings. The summed E-state index contributed by atoms with van der Waals surface area (Å²) in [4.78, 5) is 2.77. The Bertz CT molecular complexity index is 470. The van der Waals surface area contributed by atoms with Gasteiger partial charge in [-0.25, -0.2) is 0 Å². The summed E-state index contributed by atoms with van der Waals surface area (Å²) in [5.41, 5.74) is 3.10. The van der Waals surface area contributed by atoms with Crippen LogP contribution in [0.2, 0.25) is 0 Å². The van der Waals surface area contributed by atoms with Crippen LogP contribution in [0.25, 0.3) is 0 Å². The molecule has 0 radical (unpaired) electrons. The second kappa shape index (κ2) is 6.50. The van der Waals surface area contributed by atoms with E-state index in [1.54, 1.807) is 11.1 Å². The molecule has 1 aliphatic heterocycles. The molecule has 1 heterocycles. The first-order chi connectivity index (χ1) is 10.2. The summed E-state index contributed by atoms with van der Waals surface area (Å²) in [5, 5.41) is 3.78. The maximum atomic E-state index is 3.78. The van der Waals surface area contributed by atoms with Crippen LogP contribution in [0.4, 0.5) is 0 Å². The Balaban J connectivity index is 1.89. The zero-order chi connectivity index (χ0) is 14.8. The van der Waals surface area contributed by atoms with E-state index in [1.807, 2.05) is 0 Å². The third-order valence-electron chi connectivity index (χ3n) is 5.42. The summed E-state index contributed by atoms with van der Waals surface area (Å²) in [6.07, 6.45) is 4.06. The van der Waals surface area contributed by atoms with Crippen LogP contribution in [0.1, 0.15) is 63.1 Å². The molecule has 4 atom stereocenters. The lowest BCUT2D eigenvalue weighted by Gasteiger charge is -2.46. The Labute approximate surface area is 129 Å². The second-order valence-electron chi connectivity index (χ2n) is 7.11. The van der Waals surface area contributed by atoms with E-state index in [0.717, 1.165) is 12.5 Å². The van der Waals surface area contributed by atoms with Crippen LogP contribution in [-0.2, 0) is 0 Å². The van der Waals surface area contributed by atoms with Crippen molar-refractivity contribution in [2.45, 2.75) is 58.0 Å². The Kier molecular flexibility index (Phi) is 4.66. The SMILES string of the molecule is CCNC1c2ccccc2C(C)CC1N1CCCC(C)C1. The third kappa shape index (κ3) is 3.02. The minimum Gasteiger partial charge on any atom is -0.309 e. The van der Waals surface area contributed by atoms with Crippen LogP contribution >= 0.6 is 0 Å². The Morgan fingerprint density at radius 2 is 1.95 bits per heavy atom. The highest BCUT2D eigenvalue weighted by atomic mass is 15.2. The third-order valence-corrected chi connectivity index (χ3v) is 5.42. The number of likely N-dealkylation sites (N-methyl/N-ethyl adjacent to an activating group) is 1. The van der Waals surface area contributed by atoms with Gasteiger partial charge in [-0.2, -0.15) is 0 Å². The van der Waals surface area contributed by atoms with E-state index >= 15 is 0 Å². The Morgan fingerprint density at radius 3 is 2.67 bits per heavy atom. The van der Waals surface area contributed by atoms with Crippen LogP contribution in [0.15, 0.2) is 24.3 Å². The minimum absolute atomic E-state index is 0.507. The molecule has 1 saturated heterocycles. The Morgan fingerprint density at radius 1 is 1.19 bits per heavy atom. The molecule has 0 aromatic heterocycles. The Hall–Kier alpha value is -0.860. The van der Waals surface area contributed by atoms with E-state index in [0.29, 0.717) is 18.0 Å². The maximum Gasteiger partial charge on any atom is 0.0481 e. The lowest BCUT2D eigenvalue weighted by molar-refractivity contribution is 0.0876. The molecule has 1 aromatic carbocycles. The number of likely N-dealkylation sites (tertiary alicyclic amines) is 1. The van der Waals surface area contributed by atoms with Gasteiger partial charge in [0.2, 0.25) is 0 Å². The first-order valence-corrected chi connectivity index (χ1v) is 8.77. The van der Waals surface area contributed by atoms with Gasteiger partial charge in [0.25, 0.3) is 0 Å². The monoisotopic (exact) mass is 286 g/mol. The zero-order valence-electron chi connectivity index (χ0n) is 13.8. The van der Waals surface area contributed by atoms with Crippen molar-refractivity contribution < 1.29 is 0 Å². The number of rotatable bonds is 3. The van der Waals surface area contributed by atoms with Gasteiger partial charge in [0.05, 0.1) is 0 Å². The molecule has 0 bridgehead atoms. The highest BCUT2D eigenvalue weighted by Crippen LogP contribution is 2.40. The molecule has 2 nitrogen and oxygen atoms in total. The summed E-state index contributed by atoms with van der Waals surface area (Å²) in [6.45, 7) is 10.7. The van der Waals surface area contributed by atoms with E-state index in [1.165, 1.54) is 32.4 Å². The highest BCUT2D eigenvalue weighted by Gasteiger charge is 2.37. The molecule has 116 valence electrons. The average Bonchev–Trinajstić information content (AvgIpc) is 2.50. The van der Waals surface area contributed by atoms with Crippen molar-refractivity contribution in [3.8, 4) is 0 Å². The van der Waals surface area contributed by atoms with Gasteiger partial charge in [-0.15, -0.1) is 0 Å². The van der Waals surface area contributed by atoms with Gasteiger partial charge >= 0.3 is 0 Å². The quantitative estimate of drug-likeness (QED) is 0.905. The van der Waals surface area contributed by atoms with Crippen molar-refractivity contribution in [2.24, 2.45) is 5.92 Å². The topological polar surface area (TPSA) is 15.3 Å². The van der Waals surface area contributed by atoms with Gasteiger partial charge in [-0.1, -0.05) is 45.0 Å². The molecule has 4 unspecified atom stereocenters. The van der Waals surface area contributed by atoms with Gasteiger partial charge in [-0.3, -0.25) is 4.90 Å². The standard InChI is InChI=1S/C19H30N2/c1-4-20-19-17-10-6-5-9-16(17)15(3)12-18(19)21-11-7-8-14(2)13-21/h5-6,9-10,14-15,18-20H,4,7-8,11-13H2,1-3H3. The van der Waals surface area contributed by atoms with E-state index in [4.69, 9.17) is 0 Å². The minimum atomic E-state index is 0.507. The van der Waals surface area contributed by atoms with Crippen LogP contribution in [0, 0.1) is 5.92 Å². The van der Waals surface area contributed by atoms with Crippen LogP contribution in [0.5, 0.6) is 0 Å². The van der Waals surface area contributed by atoms with Gasteiger partial charge in [0.1, 0.15) is 0 Å². The molecule has 2 heteroatoms. The number of benzene rings is 1. The van der Waals surface area contributed by atoms with Crippen LogP contribution in [-0.4, -0.2) is 30.6 Å². The lowest BCUT2D eigenvalue weighted by atomic mass is 9.76. The number of hydrogen-bond acceptors (Lipinski definition) is 2. The van der Waals surface area contributed by atoms with Crippen molar-refractivity contribution in [3.05, 3.63) is 35.4 Å². The summed E-state index contributed by atoms with van der Waals surface area (Å²) >= 11 is 0. The van der Waals surface area contributed by atoms with Crippen molar-refractivity contribution in [1.29, 1.82) is 0 Å². The molecule has 1 aliphatic carbocycles. The van der Waals surface area contributed by atoms with E-state index < -0.39 is 0 Å².